The second-order valence-corrected chi connectivity index (χ2v) is 11.7. The molecule has 0 aliphatic carbocycles. The van der Waals surface area contributed by atoms with E-state index >= 15 is 0 Å². The van der Waals surface area contributed by atoms with Crippen molar-refractivity contribution in [3.05, 3.63) is 115 Å². The fourth-order valence-corrected chi connectivity index (χ4v) is 5.87. The molecule has 6 aromatic rings. The highest BCUT2D eigenvalue weighted by Crippen LogP contribution is 2.35. The first kappa shape index (κ1) is 31.7. The molecule has 0 spiro atoms. The van der Waals surface area contributed by atoms with Crippen molar-refractivity contribution in [2.75, 3.05) is 55.4 Å². The molecule has 1 saturated heterocycles. The first-order valence-electron chi connectivity index (χ1n) is 16.0. The summed E-state index contributed by atoms with van der Waals surface area (Å²) >= 11 is 0. The van der Waals surface area contributed by atoms with Gasteiger partial charge in [0.25, 0.3) is 5.91 Å². The number of hydrogen-bond acceptors (Lipinski definition) is 8. The Labute approximate surface area is 282 Å². The summed E-state index contributed by atoms with van der Waals surface area (Å²) in [5.41, 5.74) is 4.64. The van der Waals surface area contributed by atoms with Crippen molar-refractivity contribution in [2.45, 2.75) is 6.92 Å². The van der Waals surface area contributed by atoms with E-state index in [1.807, 2.05) is 53.9 Å². The number of carbonyl (C=O) groups excluding carboxylic acids is 1. The van der Waals surface area contributed by atoms with Gasteiger partial charge in [-0.2, -0.15) is 0 Å². The first-order valence-corrected chi connectivity index (χ1v) is 16.0. The third kappa shape index (κ3) is 6.63. The fraction of sp³-hybridized carbons (Fsp3) is 0.189. The van der Waals surface area contributed by atoms with Crippen LogP contribution in [0.15, 0.2) is 97.3 Å². The van der Waals surface area contributed by atoms with E-state index in [4.69, 9.17) is 14.7 Å². The molecule has 2 N–H and O–H groups in total. The Kier molecular flexibility index (Phi) is 8.86. The Morgan fingerprint density at radius 2 is 1.69 bits per heavy atom. The number of para-hydroxylation sites is 1. The van der Waals surface area contributed by atoms with Gasteiger partial charge < -0.3 is 25.2 Å². The number of piperazine rings is 1. The average molecular weight is 661 g/mol. The van der Waals surface area contributed by atoms with Crippen molar-refractivity contribution >= 4 is 34.6 Å². The average Bonchev–Trinajstić information content (AvgIpc) is 3.51. The van der Waals surface area contributed by atoms with Crippen LogP contribution in [-0.2, 0) is 0 Å². The van der Waals surface area contributed by atoms with E-state index in [0.717, 1.165) is 49.7 Å². The van der Waals surface area contributed by atoms with Crippen LogP contribution in [0.2, 0.25) is 0 Å². The van der Waals surface area contributed by atoms with Crippen LogP contribution in [0.1, 0.15) is 17.3 Å². The summed E-state index contributed by atoms with van der Waals surface area (Å²) in [6.07, 6.45) is 3.56. The molecular formula is C37H34F2N8O2. The third-order valence-electron chi connectivity index (χ3n) is 8.41. The van der Waals surface area contributed by atoms with Gasteiger partial charge in [0, 0.05) is 61.5 Å². The number of imidazole rings is 1. The molecule has 1 amide bonds. The minimum Gasteiger partial charge on any atom is -0.492 e. The van der Waals surface area contributed by atoms with E-state index in [1.165, 1.54) is 6.07 Å². The number of aromatic nitrogens is 4. The number of halogens is 2. The zero-order chi connectivity index (χ0) is 33.9. The van der Waals surface area contributed by atoms with Crippen LogP contribution in [-0.4, -0.2) is 70.0 Å². The zero-order valence-electron chi connectivity index (χ0n) is 27.0. The number of likely N-dealkylation sites (N-methyl/N-ethyl adjacent to an activating group) is 1. The molecular weight excluding hydrogens is 626 g/mol. The highest BCUT2D eigenvalue weighted by Gasteiger charge is 2.21. The Morgan fingerprint density at radius 3 is 2.49 bits per heavy atom. The number of carbonyl (C=O) groups is 1. The maximum atomic E-state index is 14.3. The molecule has 1 aliphatic rings. The predicted octanol–water partition coefficient (Wildman–Crippen LogP) is 6.88. The molecule has 10 nitrogen and oxygen atoms in total. The predicted molar refractivity (Wildman–Crippen MR) is 187 cm³/mol. The molecule has 1 fully saturated rings. The van der Waals surface area contributed by atoms with Crippen LogP contribution in [0.4, 0.5) is 31.8 Å². The highest BCUT2D eigenvalue weighted by atomic mass is 19.1. The van der Waals surface area contributed by atoms with E-state index in [-0.39, 0.29) is 5.56 Å². The van der Waals surface area contributed by atoms with Crippen LogP contribution >= 0.6 is 0 Å². The van der Waals surface area contributed by atoms with Crippen molar-refractivity contribution in [1.29, 1.82) is 0 Å². The SMILES string of the molecule is CCOc1cc(N2CCN(C)CC2)ccc1Nc1nccc(-c2c(-c3cccc(C(=O)Nc4c(F)cccc4F)c3)nc3ccccn23)n1. The topological polar surface area (TPSA) is 99.9 Å². The lowest BCUT2D eigenvalue weighted by Gasteiger charge is -2.34. The smallest absolute Gasteiger partial charge is 0.255 e. The van der Waals surface area contributed by atoms with Crippen molar-refractivity contribution in [3.63, 3.8) is 0 Å². The van der Waals surface area contributed by atoms with Crippen LogP contribution in [0.5, 0.6) is 5.75 Å². The number of hydrogen-bond donors (Lipinski definition) is 2. The first-order chi connectivity index (χ1) is 23.9. The van der Waals surface area contributed by atoms with Gasteiger partial charge in [0.05, 0.1) is 29.4 Å². The molecule has 0 radical (unpaired) electrons. The minimum absolute atomic E-state index is 0.205. The fourth-order valence-electron chi connectivity index (χ4n) is 5.87. The van der Waals surface area contributed by atoms with Crippen molar-refractivity contribution < 1.29 is 18.3 Å². The molecule has 12 heteroatoms. The summed E-state index contributed by atoms with van der Waals surface area (Å²) in [4.78, 5) is 32.1. The lowest BCUT2D eigenvalue weighted by molar-refractivity contribution is 0.102. The number of nitrogens with one attached hydrogen (secondary N) is 2. The van der Waals surface area contributed by atoms with E-state index in [1.54, 1.807) is 30.5 Å². The lowest BCUT2D eigenvalue weighted by Crippen LogP contribution is -2.44. The molecule has 3 aromatic carbocycles. The molecule has 4 heterocycles. The van der Waals surface area contributed by atoms with Gasteiger partial charge in [-0.1, -0.05) is 24.3 Å². The Bertz CT molecular complexity index is 2130. The molecule has 0 saturated carbocycles. The standard InChI is InChI=1S/C37H34F2N8O2/c1-3-49-31-23-26(46-20-18-45(2)19-21-46)13-14-29(31)41-37-40-16-15-30(42-37)35-33(43-32-12-4-5-17-47(32)35)24-8-6-9-25(22-24)36(48)44-34-27(38)10-7-11-28(34)39/h4-17,22-23H,3,18-21H2,1-2H3,(H,44,48)(H,40,41,42). The molecule has 0 bridgehead atoms. The largest absolute Gasteiger partial charge is 0.492 e. The maximum Gasteiger partial charge on any atom is 0.255 e. The summed E-state index contributed by atoms with van der Waals surface area (Å²) in [5, 5.41) is 5.70. The van der Waals surface area contributed by atoms with Crippen molar-refractivity contribution in [2.24, 2.45) is 0 Å². The number of ether oxygens (including phenoxy) is 1. The second kappa shape index (κ2) is 13.7. The normalized spacial score (nSPS) is 13.4. The quantitative estimate of drug-likeness (QED) is 0.173. The zero-order valence-corrected chi connectivity index (χ0v) is 27.0. The van der Waals surface area contributed by atoms with Crippen molar-refractivity contribution in [1.82, 2.24) is 24.3 Å². The number of pyridine rings is 1. The third-order valence-corrected chi connectivity index (χ3v) is 8.41. The molecule has 1 aliphatic heterocycles. The Balaban J connectivity index is 1.22. The van der Waals surface area contributed by atoms with Gasteiger partial charge in [-0.3, -0.25) is 9.20 Å². The summed E-state index contributed by atoms with van der Waals surface area (Å²) in [7, 11) is 2.13. The van der Waals surface area contributed by atoms with Gasteiger partial charge in [-0.15, -0.1) is 0 Å². The summed E-state index contributed by atoms with van der Waals surface area (Å²) in [6.45, 7) is 6.34. The second-order valence-electron chi connectivity index (χ2n) is 11.7. The van der Waals surface area contributed by atoms with Gasteiger partial charge in [0.2, 0.25) is 5.95 Å². The molecule has 7 rings (SSSR count). The maximum absolute atomic E-state index is 14.3. The van der Waals surface area contributed by atoms with Gasteiger partial charge in [0.15, 0.2) is 0 Å². The Hall–Kier alpha value is -5.88. The van der Waals surface area contributed by atoms with Crippen LogP contribution in [0.3, 0.4) is 0 Å². The van der Waals surface area contributed by atoms with E-state index in [9.17, 15) is 13.6 Å². The van der Waals surface area contributed by atoms with Crippen LogP contribution < -0.4 is 20.3 Å². The summed E-state index contributed by atoms with van der Waals surface area (Å²) < 4.78 is 36.5. The van der Waals surface area contributed by atoms with Gasteiger partial charge in [-0.25, -0.2) is 23.7 Å². The molecule has 0 unspecified atom stereocenters. The van der Waals surface area contributed by atoms with E-state index in [0.29, 0.717) is 46.6 Å². The summed E-state index contributed by atoms with van der Waals surface area (Å²) in [6, 6.07) is 23.7. The minimum atomic E-state index is -0.861. The van der Waals surface area contributed by atoms with E-state index in [2.05, 4.69) is 38.5 Å². The highest BCUT2D eigenvalue weighted by molar-refractivity contribution is 6.05. The Morgan fingerprint density at radius 1 is 0.898 bits per heavy atom. The number of rotatable bonds is 9. The van der Waals surface area contributed by atoms with E-state index < -0.39 is 23.2 Å². The monoisotopic (exact) mass is 660 g/mol. The molecule has 3 aromatic heterocycles. The molecule has 0 atom stereocenters. The number of benzene rings is 3. The van der Waals surface area contributed by atoms with Crippen LogP contribution in [0.25, 0.3) is 28.3 Å². The summed E-state index contributed by atoms with van der Waals surface area (Å²) in [5.74, 6) is -1.32. The number of anilines is 4. The number of nitrogens with zero attached hydrogens (tertiary/aromatic N) is 6. The molecule has 248 valence electrons. The van der Waals surface area contributed by atoms with Gasteiger partial charge in [0.1, 0.15) is 28.7 Å². The van der Waals surface area contributed by atoms with Gasteiger partial charge in [-0.05, 0) is 68.6 Å². The van der Waals surface area contributed by atoms with Crippen LogP contribution in [0, 0.1) is 11.6 Å². The number of amides is 1. The lowest BCUT2D eigenvalue weighted by atomic mass is 10.0. The number of fused-ring (bicyclic) bond motifs is 1. The molecule has 49 heavy (non-hydrogen) atoms. The van der Waals surface area contributed by atoms with Gasteiger partial charge >= 0.3 is 0 Å². The van der Waals surface area contributed by atoms with Crippen molar-refractivity contribution in [3.8, 4) is 28.4 Å².